The lowest BCUT2D eigenvalue weighted by molar-refractivity contribution is -0.119. The number of benzene rings is 2. The van der Waals surface area contributed by atoms with Crippen LogP contribution in [0.4, 0.5) is 5.13 Å². The highest BCUT2D eigenvalue weighted by Crippen LogP contribution is 2.30. The maximum absolute atomic E-state index is 12.4. The van der Waals surface area contributed by atoms with Crippen LogP contribution in [0.1, 0.15) is 10.4 Å². The Balaban J connectivity index is 1.39. The molecule has 1 N–H and O–H groups in total. The summed E-state index contributed by atoms with van der Waals surface area (Å²) < 4.78 is 5.12. The van der Waals surface area contributed by atoms with Gasteiger partial charge >= 0.3 is 5.97 Å². The van der Waals surface area contributed by atoms with Gasteiger partial charge in [-0.25, -0.2) is 9.78 Å². The summed E-state index contributed by atoms with van der Waals surface area (Å²) in [5.74, 6) is -1.17. The number of ether oxygens (including phenoxy) is 1. The van der Waals surface area contributed by atoms with E-state index in [0.29, 0.717) is 31.9 Å². The molecule has 0 radical (unpaired) electrons. The second-order valence-electron chi connectivity index (χ2n) is 6.02. The second kappa shape index (κ2) is 8.74. The van der Waals surface area contributed by atoms with E-state index in [4.69, 9.17) is 27.9 Å². The van der Waals surface area contributed by atoms with Crippen molar-refractivity contribution >= 4 is 62.6 Å². The standard InChI is InChI=1S/C20H12Cl2N4O3S/c21-13-5-4-11(8-14(13)22)16-10-30-20(25-16)26-17(27)9-29-19(28)12-2-1-3-15-18(12)24-7-6-23-15/h1-8,10H,9H2,(H,25,26,27). The molecule has 7 nitrogen and oxygen atoms in total. The molecular formula is C20H12Cl2N4O3S. The van der Waals surface area contributed by atoms with Gasteiger partial charge in [-0.1, -0.05) is 35.3 Å². The monoisotopic (exact) mass is 458 g/mol. The van der Waals surface area contributed by atoms with E-state index >= 15 is 0 Å². The van der Waals surface area contributed by atoms with Crippen LogP contribution in [0, 0.1) is 0 Å². The van der Waals surface area contributed by atoms with Gasteiger partial charge in [-0.3, -0.25) is 20.1 Å². The minimum atomic E-state index is -0.660. The molecule has 0 atom stereocenters. The van der Waals surface area contributed by atoms with Crippen LogP contribution < -0.4 is 5.32 Å². The van der Waals surface area contributed by atoms with Crippen molar-refractivity contribution < 1.29 is 14.3 Å². The molecule has 2 heterocycles. The minimum Gasteiger partial charge on any atom is -0.452 e. The molecule has 150 valence electrons. The number of carbonyl (C=O) groups excluding carboxylic acids is 2. The first-order valence-electron chi connectivity index (χ1n) is 8.59. The molecule has 0 saturated carbocycles. The number of para-hydroxylation sites is 1. The number of hydrogen-bond donors (Lipinski definition) is 1. The number of esters is 1. The van der Waals surface area contributed by atoms with E-state index in [1.165, 1.54) is 23.7 Å². The summed E-state index contributed by atoms with van der Waals surface area (Å²) >= 11 is 13.2. The van der Waals surface area contributed by atoms with Crippen molar-refractivity contribution in [2.45, 2.75) is 0 Å². The zero-order valence-electron chi connectivity index (χ0n) is 15.1. The third kappa shape index (κ3) is 4.40. The maximum Gasteiger partial charge on any atom is 0.340 e. The third-order valence-electron chi connectivity index (χ3n) is 4.02. The van der Waals surface area contributed by atoms with Gasteiger partial charge in [0.15, 0.2) is 11.7 Å². The van der Waals surface area contributed by atoms with Gasteiger partial charge < -0.3 is 4.74 Å². The molecule has 10 heteroatoms. The van der Waals surface area contributed by atoms with Crippen molar-refractivity contribution in [3.05, 3.63) is 69.8 Å². The summed E-state index contributed by atoms with van der Waals surface area (Å²) in [6.07, 6.45) is 3.02. The highest BCUT2D eigenvalue weighted by molar-refractivity contribution is 7.14. The Bertz CT molecular complexity index is 1260. The number of aromatic nitrogens is 3. The number of nitrogens with zero attached hydrogens (tertiary/aromatic N) is 3. The van der Waals surface area contributed by atoms with E-state index in [1.807, 2.05) is 0 Å². The normalized spacial score (nSPS) is 10.7. The van der Waals surface area contributed by atoms with E-state index in [2.05, 4.69) is 20.3 Å². The number of anilines is 1. The lowest BCUT2D eigenvalue weighted by atomic mass is 10.2. The summed E-state index contributed by atoms with van der Waals surface area (Å²) in [5, 5.41) is 5.61. The molecule has 1 amide bonds. The Kier molecular flexibility index (Phi) is 5.89. The van der Waals surface area contributed by atoms with Gasteiger partial charge in [0.1, 0.15) is 5.52 Å². The molecule has 0 saturated heterocycles. The number of thiazole rings is 1. The van der Waals surface area contributed by atoms with E-state index in [9.17, 15) is 9.59 Å². The highest BCUT2D eigenvalue weighted by Gasteiger charge is 2.15. The van der Waals surface area contributed by atoms with Crippen molar-refractivity contribution in [3.8, 4) is 11.3 Å². The summed E-state index contributed by atoms with van der Waals surface area (Å²) in [6, 6.07) is 10.1. The zero-order valence-corrected chi connectivity index (χ0v) is 17.5. The molecule has 30 heavy (non-hydrogen) atoms. The van der Waals surface area contributed by atoms with Gasteiger partial charge in [0.25, 0.3) is 5.91 Å². The highest BCUT2D eigenvalue weighted by atomic mass is 35.5. The average Bonchev–Trinajstić information content (AvgIpc) is 3.22. The second-order valence-corrected chi connectivity index (χ2v) is 7.69. The molecule has 0 aliphatic heterocycles. The third-order valence-corrected chi connectivity index (χ3v) is 5.52. The van der Waals surface area contributed by atoms with Gasteiger partial charge in [-0.05, 0) is 24.3 Å². The quantitative estimate of drug-likeness (QED) is 0.429. The zero-order chi connectivity index (χ0) is 21.1. The minimum absolute atomic E-state index is 0.240. The molecule has 0 bridgehead atoms. The van der Waals surface area contributed by atoms with Crippen LogP contribution in [-0.4, -0.2) is 33.4 Å². The van der Waals surface area contributed by atoms with Crippen LogP contribution in [0.2, 0.25) is 10.0 Å². The van der Waals surface area contributed by atoms with Crippen molar-refractivity contribution in [1.29, 1.82) is 0 Å². The van der Waals surface area contributed by atoms with E-state index in [1.54, 1.807) is 41.8 Å². The summed E-state index contributed by atoms with van der Waals surface area (Å²) in [5.41, 5.74) is 2.63. The first-order valence-corrected chi connectivity index (χ1v) is 10.2. The molecule has 2 aromatic heterocycles. The molecule has 0 aliphatic carbocycles. The Morgan fingerprint density at radius 2 is 1.90 bits per heavy atom. The first-order chi connectivity index (χ1) is 14.5. The molecule has 4 aromatic rings. The van der Waals surface area contributed by atoms with Gasteiger partial charge in [-0.15, -0.1) is 11.3 Å². The largest absolute Gasteiger partial charge is 0.452 e. The van der Waals surface area contributed by atoms with Gasteiger partial charge in [0.05, 0.1) is 26.8 Å². The number of fused-ring (bicyclic) bond motifs is 1. The van der Waals surface area contributed by atoms with Crippen molar-refractivity contribution in [3.63, 3.8) is 0 Å². The fraction of sp³-hybridized carbons (Fsp3) is 0.0500. The Morgan fingerprint density at radius 3 is 2.73 bits per heavy atom. The fourth-order valence-corrected chi connectivity index (χ4v) is 3.67. The first kappa shape index (κ1) is 20.2. The number of nitrogens with one attached hydrogen (secondary N) is 1. The van der Waals surface area contributed by atoms with Crippen molar-refractivity contribution in [2.24, 2.45) is 0 Å². The predicted molar refractivity (Wildman–Crippen MR) is 116 cm³/mol. The predicted octanol–water partition coefficient (Wildman–Crippen LogP) is 4.86. The number of rotatable bonds is 5. The lowest BCUT2D eigenvalue weighted by Crippen LogP contribution is -2.21. The molecule has 2 aromatic carbocycles. The van der Waals surface area contributed by atoms with Gasteiger partial charge in [0.2, 0.25) is 0 Å². The Hall–Kier alpha value is -3.07. The van der Waals surface area contributed by atoms with Crippen LogP contribution in [0.25, 0.3) is 22.3 Å². The number of carbonyl (C=O) groups is 2. The SMILES string of the molecule is O=C(COC(=O)c1cccc2nccnc12)Nc1nc(-c2ccc(Cl)c(Cl)c2)cs1. The lowest BCUT2D eigenvalue weighted by Gasteiger charge is -2.06. The maximum atomic E-state index is 12.4. The van der Waals surface area contributed by atoms with Crippen LogP contribution in [0.15, 0.2) is 54.2 Å². The van der Waals surface area contributed by atoms with Gasteiger partial charge in [-0.2, -0.15) is 0 Å². The number of halogens is 2. The Morgan fingerprint density at radius 1 is 1.07 bits per heavy atom. The van der Waals surface area contributed by atoms with Gasteiger partial charge in [0, 0.05) is 23.3 Å². The average molecular weight is 459 g/mol. The summed E-state index contributed by atoms with van der Waals surface area (Å²) in [7, 11) is 0. The topological polar surface area (TPSA) is 94.1 Å². The molecule has 0 fully saturated rings. The Labute approximate surface area is 184 Å². The van der Waals surface area contributed by atoms with E-state index in [0.717, 1.165) is 5.56 Å². The molecule has 4 rings (SSSR count). The molecule has 0 spiro atoms. The number of amides is 1. The van der Waals surface area contributed by atoms with Crippen molar-refractivity contribution in [2.75, 3.05) is 11.9 Å². The van der Waals surface area contributed by atoms with Crippen LogP contribution >= 0.6 is 34.5 Å². The fourth-order valence-electron chi connectivity index (χ4n) is 2.64. The summed E-state index contributed by atoms with van der Waals surface area (Å²) in [4.78, 5) is 37.2. The molecule has 0 aliphatic rings. The van der Waals surface area contributed by atoms with Crippen LogP contribution in [-0.2, 0) is 9.53 Å². The molecule has 0 unspecified atom stereocenters. The summed E-state index contributed by atoms with van der Waals surface area (Å²) in [6.45, 7) is -0.461. The smallest absolute Gasteiger partial charge is 0.340 e. The number of hydrogen-bond acceptors (Lipinski definition) is 7. The molecular weight excluding hydrogens is 447 g/mol. The van der Waals surface area contributed by atoms with Crippen molar-refractivity contribution in [1.82, 2.24) is 15.0 Å². The van der Waals surface area contributed by atoms with Crippen LogP contribution in [0.3, 0.4) is 0 Å². The van der Waals surface area contributed by atoms with Crippen LogP contribution in [0.5, 0.6) is 0 Å². The van der Waals surface area contributed by atoms with E-state index < -0.39 is 18.5 Å². The van der Waals surface area contributed by atoms with E-state index in [-0.39, 0.29) is 5.56 Å².